The van der Waals surface area contributed by atoms with Crippen molar-refractivity contribution in [2.45, 2.75) is 38.8 Å². The molecule has 0 radical (unpaired) electrons. The number of allylic oxidation sites excluding steroid dienone is 1. The molecule has 1 atom stereocenters. The van der Waals surface area contributed by atoms with Gasteiger partial charge < -0.3 is 9.53 Å². The molecule has 1 N–H and O–H groups in total. The fraction of sp³-hybridized carbons (Fsp3) is 0.333. The van der Waals surface area contributed by atoms with E-state index in [-0.39, 0.29) is 5.04 Å². The summed E-state index contributed by atoms with van der Waals surface area (Å²) in [4.78, 5) is 0. The second kappa shape index (κ2) is 7.93. The molecule has 0 saturated carbocycles. The fourth-order valence-corrected chi connectivity index (χ4v) is 7.83. The van der Waals surface area contributed by atoms with Gasteiger partial charge in [0.25, 0.3) is 8.32 Å². The van der Waals surface area contributed by atoms with Gasteiger partial charge >= 0.3 is 0 Å². The number of rotatable bonds is 6. The Labute approximate surface area is 146 Å². The van der Waals surface area contributed by atoms with Crippen molar-refractivity contribution in [2.24, 2.45) is 0 Å². The molecule has 0 aliphatic heterocycles. The van der Waals surface area contributed by atoms with Crippen molar-refractivity contribution in [2.75, 3.05) is 6.61 Å². The third-order valence-corrected chi connectivity index (χ3v) is 9.31. The van der Waals surface area contributed by atoms with Gasteiger partial charge in [-0.2, -0.15) is 0 Å². The van der Waals surface area contributed by atoms with Crippen molar-refractivity contribution >= 4 is 18.7 Å². The maximum atomic E-state index is 10.2. The molecule has 0 aliphatic carbocycles. The minimum Gasteiger partial charge on any atom is -0.404 e. The van der Waals surface area contributed by atoms with Gasteiger partial charge in [-0.1, -0.05) is 93.6 Å². The maximum Gasteiger partial charge on any atom is 0.261 e. The van der Waals surface area contributed by atoms with Gasteiger partial charge in [0.1, 0.15) is 0 Å². The minimum atomic E-state index is -2.54. The van der Waals surface area contributed by atoms with Gasteiger partial charge in [-0.05, 0) is 22.3 Å². The van der Waals surface area contributed by atoms with Gasteiger partial charge in [0, 0.05) is 0 Å². The Morgan fingerprint density at radius 3 is 1.79 bits per heavy atom. The van der Waals surface area contributed by atoms with Crippen molar-refractivity contribution in [1.82, 2.24) is 0 Å². The van der Waals surface area contributed by atoms with Gasteiger partial charge in [-0.3, -0.25) is 0 Å². The molecule has 0 saturated heterocycles. The zero-order valence-corrected chi connectivity index (χ0v) is 16.1. The van der Waals surface area contributed by atoms with Crippen LogP contribution in [0.2, 0.25) is 5.04 Å². The zero-order chi connectivity index (χ0) is 17.6. The van der Waals surface area contributed by atoms with Gasteiger partial charge in [0.05, 0.1) is 12.7 Å². The molecule has 24 heavy (non-hydrogen) atoms. The lowest BCUT2D eigenvalue weighted by Gasteiger charge is -2.43. The Kier molecular flexibility index (Phi) is 6.16. The van der Waals surface area contributed by atoms with Crippen LogP contribution in [0.15, 0.2) is 72.8 Å². The van der Waals surface area contributed by atoms with E-state index in [1.807, 2.05) is 25.1 Å². The molecule has 2 rings (SSSR count). The maximum absolute atomic E-state index is 10.2. The van der Waals surface area contributed by atoms with Crippen molar-refractivity contribution in [3.05, 3.63) is 72.8 Å². The van der Waals surface area contributed by atoms with Crippen LogP contribution < -0.4 is 10.4 Å². The molecule has 0 bridgehead atoms. The molecule has 128 valence electrons. The lowest BCUT2D eigenvalue weighted by molar-refractivity contribution is 0.138. The predicted octanol–water partition coefficient (Wildman–Crippen LogP) is 3.50. The number of hydrogen-bond donors (Lipinski definition) is 1. The molecule has 3 heteroatoms. The zero-order valence-electron chi connectivity index (χ0n) is 15.1. The quantitative estimate of drug-likeness (QED) is 0.644. The molecule has 2 nitrogen and oxygen atoms in total. The third-order valence-electron chi connectivity index (χ3n) is 4.30. The Hall–Kier alpha value is -1.68. The molecule has 0 aromatic heterocycles. The summed E-state index contributed by atoms with van der Waals surface area (Å²) in [5, 5.41) is 12.6. The van der Waals surface area contributed by atoms with E-state index in [9.17, 15) is 5.11 Å². The SMILES string of the molecule is C/C=C/[C@@H](O)CO[Si](c1ccccc1)(c1ccccc1)C(C)(C)C. The van der Waals surface area contributed by atoms with Gasteiger partial charge in [0.15, 0.2) is 0 Å². The van der Waals surface area contributed by atoms with Crippen LogP contribution in [0.4, 0.5) is 0 Å². The molecule has 2 aromatic carbocycles. The van der Waals surface area contributed by atoms with E-state index in [0.717, 1.165) is 0 Å². The first kappa shape index (κ1) is 18.7. The van der Waals surface area contributed by atoms with Crippen molar-refractivity contribution in [3.8, 4) is 0 Å². The van der Waals surface area contributed by atoms with E-state index < -0.39 is 14.4 Å². The molecule has 0 aliphatic rings. The van der Waals surface area contributed by atoms with Crippen LogP contribution in [-0.2, 0) is 4.43 Å². The highest BCUT2D eigenvalue weighted by molar-refractivity contribution is 6.99. The molecular weight excluding hydrogens is 312 g/mol. The molecule has 0 heterocycles. The molecule has 0 fully saturated rings. The molecule has 0 unspecified atom stereocenters. The first-order valence-corrected chi connectivity index (χ1v) is 10.4. The number of benzene rings is 2. The van der Waals surface area contributed by atoms with Crippen LogP contribution in [0, 0.1) is 0 Å². The number of aliphatic hydroxyl groups is 1. The summed E-state index contributed by atoms with van der Waals surface area (Å²) in [7, 11) is -2.54. The summed E-state index contributed by atoms with van der Waals surface area (Å²) in [6.07, 6.45) is 3.05. The highest BCUT2D eigenvalue weighted by Crippen LogP contribution is 2.36. The summed E-state index contributed by atoms with van der Waals surface area (Å²) in [6.45, 7) is 8.92. The molecular formula is C21H28O2Si. The number of hydrogen-bond acceptors (Lipinski definition) is 2. The van der Waals surface area contributed by atoms with E-state index in [4.69, 9.17) is 4.43 Å². The largest absolute Gasteiger partial charge is 0.404 e. The highest BCUT2D eigenvalue weighted by Gasteiger charge is 2.50. The number of aliphatic hydroxyl groups excluding tert-OH is 1. The first-order chi connectivity index (χ1) is 11.4. The smallest absolute Gasteiger partial charge is 0.261 e. The van der Waals surface area contributed by atoms with Crippen LogP contribution >= 0.6 is 0 Å². The summed E-state index contributed by atoms with van der Waals surface area (Å²) in [6, 6.07) is 21.0. The van der Waals surface area contributed by atoms with Crippen LogP contribution in [0.3, 0.4) is 0 Å². The average Bonchev–Trinajstić information content (AvgIpc) is 2.56. The molecule has 2 aromatic rings. The standard InChI is InChI=1S/C21H28O2Si/c1-5-12-18(22)17-23-24(21(2,3)4,19-13-8-6-9-14-19)20-15-10-7-11-16-20/h5-16,18,22H,17H2,1-4H3/b12-5+/t18-/m1/s1. The predicted molar refractivity (Wildman–Crippen MR) is 104 cm³/mol. The van der Waals surface area contributed by atoms with Crippen molar-refractivity contribution in [3.63, 3.8) is 0 Å². The second-order valence-corrected chi connectivity index (χ2v) is 11.4. The molecule has 0 amide bonds. The normalized spacial score (nSPS) is 14.0. The van der Waals surface area contributed by atoms with Crippen LogP contribution in [0.5, 0.6) is 0 Å². The average molecular weight is 341 g/mol. The minimum absolute atomic E-state index is 0.0641. The molecule has 0 spiro atoms. The van der Waals surface area contributed by atoms with Crippen LogP contribution in [-0.4, -0.2) is 26.1 Å². The van der Waals surface area contributed by atoms with E-state index in [1.54, 1.807) is 6.08 Å². The van der Waals surface area contributed by atoms with Crippen LogP contribution in [0.25, 0.3) is 0 Å². The summed E-state index contributed by atoms with van der Waals surface area (Å²) >= 11 is 0. The lowest BCUT2D eigenvalue weighted by atomic mass is 10.2. The second-order valence-electron chi connectivity index (χ2n) is 7.07. The topological polar surface area (TPSA) is 29.5 Å². The summed E-state index contributed by atoms with van der Waals surface area (Å²) in [5.74, 6) is 0. The van der Waals surface area contributed by atoms with Crippen molar-refractivity contribution in [1.29, 1.82) is 0 Å². The summed E-state index contributed by atoms with van der Waals surface area (Å²) in [5.41, 5.74) is 0. The van der Waals surface area contributed by atoms with Crippen molar-refractivity contribution < 1.29 is 9.53 Å². The Morgan fingerprint density at radius 1 is 0.958 bits per heavy atom. The monoisotopic (exact) mass is 340 g/mol. The van der Waals surface area contributed by atoms with E-state index in [2.05, 4.69) is 69.3 Å². The van der Waals surface area contributed by atoms with Gasteiger partial charge in [0.2, 0.25) is 0 Å². The lowest BCUT2D eigenvalue weighted by Crippen LogP contribution is -2.67. The summed E-state index contributed by atoms with van der Waals surface area (Å²) < 4.78 is 6.62. The van der Waals surface area contributed by atoms with E-state index in [1.165, 1.54) is 10.4 Å². The van der Waals surface area contributed by atoms with Gasteiger partial charge in [-0.15, -0.1) is 0 Å². The fourth-order valence-electron chi connectivity index (χ4n) is 3.25. The Balaban J connectivity index is 2.57. The Morgan fingerprint density at radius 2 is 1.42 bits per heavy atom. The highest BCUT2D eigenvalue weighted by atomic mass is 28.4. The van der Waals surface area contributed by atoms with E-state index in [0.29, 0.717) is 6.61 Å². The van der Waals surface area contributed by atoms with Gasteiger partial charge in [-0.25, -0.2) is 0 Å². The van der Waals surface area contributed by atoms with E-state index >= 15 is 0 Å². The Bertz CT molecular complexity index is 605. The first-order valence-electron chi connectivity index (χ1n) is 8.47. The van der Waals surface area contributed by atoms with Crippen LogP contribution in [0.1, 0.15) is 27.7 Å². The third kappa shape index (κ3) is 3.86.